The van der Waals surface area contributed by atoms with Crippen LogP contribution in [0.15, 0.2) is 18.2 Å². The second-order valence-electron chi connectivity index (χ2n) is 7.16. The summed E-state index contributed by atoms with van der Waals surface area (Å²) >= 11 is 0. The molecule has 4 atom stereocenters. The Bertz CT molecular complexity index is 949. The van der Waals surface area contributed by atoms with Crippen molar-refractivity contribution in [2.24, 2.45) is 5.92 Å². The van der Waals surface area contributed by atoms with E-state index in [1.54, 1.807) is 6.07 Å². The van der Waals surface area contributed by atoms with Gasteiger partial charge < -0.3 is 30.3 Å². The third-order valence-electron chi connectivity index (χ3n) is 5.18. The zero-order chi connectivity index (χ0) is 20.7. The number of carbonyl (C=O) groups is 2. The molecule has 0 aliphatic heterocycles. The minimum absolute atomic E-state index is 0.0584. The van der Waals surface area contributed by atoms with E-state index in [-0.39, 0.29) is 41.0 Å². The number of ketones is 2. The lowest BCUT2D eigenvalue weighted by atomic mass is 9.77. The number of ether oxygens (including phenoxy) is 1. The summed E-state index contributed by atoms with van der Waals surface area (Å²) in [6.45, 7) is 1.28. The fraction of sp³-hybridized carbons (Fsp3) is 0.400. The first-order valence-electron chi connectivity index (χ1n) is 8.82. The van der Waals surface area contributed by atoms with E-state index >= 15 is 0 Å². The van der Waals surface area contributed by atoms with Gasteiger partial charge in [-0.2, -0.15) is 0 Å². The van der Waals surface area contributed by atoms with Crippen molar-refractivity contribution >= 4 is 22.3 Å². The summed E-state index contributed by atoms with van der Waals surface area (Å²) in [7, 11) is 1.28. The molecule has 8 nitrogen and oxygen atoms in total. The van der Waals surface area contributed by atoms with Crippen LogP contribution >= 0.6 is 0 Å². The largest absolute Gasteiger partial charge is 0.508 e. The van der Waals surface area contributed by atoms with Crippen LogP contribution in [-0.4, -0.2) is 62.5 Å². The maximum absolute atomic E-state index is 12.7. The van der Waals surface area contributed by atoms with Gasteiger partial charge >= 0.3 is 0 Å². The highest BCUT2D eigenvalue weighted by Gasteiger charge is 2.39. The molecule has 0 saturated heterocycles. The van der Waals surface area contributed by atoms with Gasteiger partial charge in [-0.3, -0.25) is 9.59 Å². The number of fused-ring (bicyclic) bond motifs is 2. The van der Waals surface area contributed by atoms with Crippen LogP contribution in [0.5, 0.6) is 17.2 Å². The van der Waals surface area contributed by atoms with Crippen LogP contribution in [0.4, 0.5) is 0 Å². The van der Waals surface area contributed by atoms with Crippen molar-refractivity contribution in [1.82, 2.24) is 0 Å². The van der Waals surface area contributed by atoms with E-state index in [0.717, 1.165) is 6.07 Å². The Hall–Kier alpha value is -2.68. The molecular formula is C20H22O8. The molecule has 3 rings (SSSR count). The quantitative estimate of drug-likeness (QED) is 0.509. The minimum atomic E-state index is -1.64. The molecule has 0 spiro atoms. The maximum Gasteiger partial charge on any atom is 0.192 e. The third-order valence-corrected chi connectivity index (χ3v) is 5.18. The number of carbonyl (C=O) groups excluding carboxylic acids is 2. The number of hydrogen-bond donors (Lipinski definition) is 5. The zero-order valence-corrected chi connectivity index (χ0v) is 15.4. The van der Waals surface area contributed by atoms with Crippen molar-refractivity contribution in [1.29, 1.82) is 0 Å². The number of aliphatic hydroxyl groups is 2. The Labute approximate surface area is 160 Å². The van der Waals surface area contributed by atoms with Crippen molar-refractivity contribution in [3.8, 4) is 17.2 Å². The second kappa shape index (κ2) is 7.38. The van der Waals surface area contributed by atoms with Crippen LogP contribution < -0.4 is 0 Å². The van der Waals surface area contributed by atoms with E-state index in [1.807, 2.05) is 0 Å². The molecule has 0 amide bonds. The monoisotopic (exact) mass is 390 g/mol. The van der Waals surface area contributed by atoms with Gasteiger partial charge in [0.1, 0.15) is 29.5 Å². The van der Waals surface area contributed by atoms with Gasteiger partial charge in [-0.15, -0.1) is 0 Å². The van der Waals surface area contributed by atoms with Crippen molar-refractivity contribution in [2.45, 2.75) is 38.1 Å². The summed E-state index contributed by atoms with van der Waals surface area (Å²) < 4.78 is 5.23. The van der Waals surface area contributed by atoms with E-state index in [0.29, 0.717) is 10.9 Å². The lowest BCUT2D eigenvalue weighted by molar-refractivity contribution is -0.145. The van der Waals surface area contributed by atoms with Gasteiger partial charge in [0.05, 0.1) is 17.1 Å². The molecule has 0 radical (unpaired) electrons. The van der Waals surface area contributed by atoms with E-state index in [9.17, 15) is 35.1 Å². The van der Waals surface area contributed by atoms with Crippen LogP contribution in [0.25, 0.3) is 10.8 Å². The Morgan fingerprint density at radius 3 is 2.43 bits per heavy atom. The molecule has 0 heterocycles. The third kappa shape index (κ3) is 3.30. The van der Waals surface area contributed by atoms with Crippen molar-refractivity contribution < 1.29 is 39.9 Å². The predicted octanol–water partition coefficient (Wildman–Crippen LogP) is 1.03. The molecule has 2 aromatic carbocycles. The SMILES string of the molecule is CO[C@H](C(=O)[C@@H](O)[C@@H](C)O)[C@H]1CC(=O)c2c(cc3cc(O)cc(O)c3c2O)C1. The van der Waals surface area contributed by atoms with Gasteiger partial charge in [-0.1, -0.05) is 0 Å². The molecule has 0 aromatic heterocycles. The molecule has 0 fully saturated rings. The molecule has 5 N–H and O–H groups in total. The number of Topliss-reactive ketones (excluding diaryl/α,β-unsaturated/α-hetero) is 2. The van der Waals surface area contributed by atoms with Crippen LogP contribution in [0.2, 0.25) is 0 Å². The van der Waals surface area contributed by atoms with Gasteiger partial charge in [-0.25, -0.2) is 0 Å². The topological polar surface area (TPSA) is 145 Å². The fourth-order valence-corrected chi connectivity index (χ4v) is 3.87. The summed E-state index contributed by atoms with van der Waals surface area (Å²) in [6, 6.07) is 3.98. The van der Waals surface area contributed by atoms with Crippen molar-refractivity contribution in [2.75, 3.05) is 7.11 Å². The van der Waals surface area contributed by atoms with Crippen molar-refractivity contribution in [3.63, 3.8) is 0 Å². The molecule has 1 aliphatic carbocycles. The van der Waals surface area contributed by atoms with Gasteiger partial charge in [0.25, 0.3) is 0 Å². The summed E-state index contributed by atoms with van der Waals surface area (Å²) in [5.41, 5.74) is 0.501. The number of phenols is 3. The Morgan fingerprint density at radius 1 is 1.14 bits per heavy atom. The normalized spacial score (nSPS) is 19.9. The zero-order valence-electron chi connectivity index (χ0n) is 15.4. The van der Waals surface area contributed by atoms with E-state index < -0.39 is 35.8 Å². The van der Waals surface area contributed by atoms with Gasteiger partial charge in [0.15, 0.2) is 11.6 Å². The average molecular weight is 390 g/mol. The van der Waals surface area contributed by atoms with Crippen LogP contribution in [0.1, 0.15) is 29.3 Å². The standard InChI is InChI=1S/C20H22O8/c1-8(21)17(25)19(27)20(28-2)11-4-9-3-10-5-12(22)7-14(24)16(10)18(26)15(9)13(23)6-11/h3,5,7-8,11,17,20-22,24-26H,4,6H2,1-2H3/t8-,11-,17+,20+/m1/s1. The molecule has 0 saturated carbocycles. The number of benzene rings is 2. The van der Waals surface area contributed by atoms with Gasteiger partial charge in [0.2, 0.25) is 0 Å². The Kier molecular flexibility index (Phi) is 5.29. The highest BCUT2D eigenvalue weighted by molar-refractivity contribution is 6.09. The van der Waals surface area contributed by atoms with E-state index in [4.69, 9.17) is 4.74 Å². The highest BCUT2D eigenvalue weighted by atomic mass is 16.5. The molecule has 8 heteroatoms. The van der Waals surface area contributed by atoms with Crippen LogP contribution in [0.3, 0.4) is 0 Å². The molecule has 0 bridgehead atoms. The molecule has 28 heavy (non-hydrogen) atoms. The first kappa shape index (κ1) is 20.1. The fourth-order valence-electron chi connectivity index (χ4n) is 3.87. The second-order valence-corrected chi connectivity index (χ2v) is 7.16. The molecule has 2 aromatic rings. The number of phenolic OH excluding ortho intramolecular Hbond substituents is 3. The molecule has 150 valence electrons. The Balaban J connectivity index is 2.05. The lowest BCUT2D eigenvalue weighted by Gasteiger charge is -2.31. The molecular weight excluding hydrogens is 368 g/mol. The predicted molar refractivity (Wildman–Crippen MR) is 98.6 cm³/mol. The van der Waals surface area contributed by atoms with E-state index in [2.05, 4.69) is 0 Å². The number of rotatable bonds is 5. The van der Waals surface area contributed by atoms with Gasteiger partial charge in [-0.05, 0) is 36.4 Å². The van der Waals surface area contributed by atoms with Gasteiger partial charge in [0, 0.05) is 25.5 Å². The number of aliphatic hydroxyl groups excluding tert-OH is 2. The smallest absolute Gasteiger partial charge is 0.192 e. The Morgan fingerprint density at radius 2 is 1.82 bits per heavy atom. The number of methoxy groups -OCH3 is 1. The molecule has 0 unspecified atom stereocenters. The summed E-state index contributed by atoms with van der Waals surface area (Å²) in [5.74, 6) is -2.69. The number of hydrogen-bond acceptors (Lipinski definition) is 8. The maximum atomic E-state index is 12.7. The first-order valence-corrected chi connectivity index (χ1v) is 8.82. The molecule has 1 aliphatic rings. The summed E-state index contributed by atoms with van der Waals surface area (Å²) in [5, 5.41) is 50.0. The van der Waals surface area contributed by atoms with Crippen LogP contribution in [0, 0.1) is 5.92 Å². The summed E-state index contributed by atoms with van der Waals surface area (Å²) in [6.07, 6.45) is -3.95. The van der Waals surface area contributed by atoms with Crippen molar-refractivity contribution in [3.05, 3.63) is 29.3 Å². The average Bonchev–Trinajstić information content (AvgIpc) is 2.60. The summed E-state index contributed by atoms with van der Waals surface area (Å²) in [4.78, 5) is 25.2. The highest BCUT2D eigenvalue weighted by Crippen LogP contribution is 2.43. The minimum Gasteiger partial charge on any atom is -0.508 e. The lowest BCUT2D eigenvalue weighted by Crippen LogP contribution is -2.45. The number of aromatic hydroxyl groups is 3. The first-order chi connectivity index (χ1) is 13.1. The van der Waals surface area contributed by atoms with Crippen LogP contribution in [-0.2, 0) is 16.0 Å². The van der Waals surface area contributed by atoms with E-state index in [1.165, 1.54) is 20.1 Å².